The summed E-state index contributed by atoms with van der Waals surface area (Å²) in [6, 6.07) is 5.65. The molecule has 25 heavy (non-hydrogen) atoms. The van der Waals surface area contributed by atoms with Crippen LogP contribution in [0.2, 0.25) is 0 Å². The Kier molecular flexibility index (Phi) is 3.57. The van der Waals surface area contributed by atoms with Gasteiger partial charge in [0.25, 0.3) is 0 Å². The van der Waals surface area contributed by atoms with Gasteiger partial charge >= 0.3 is 11.9 Å². The highest BCUT2D eigenvalue weighted by atomic mass is 19.3. The van der Waals surface area contributed by atoms with Gasteiger partial charge in [0.2, 0.25) is 5.78 Å². The number of carbonyl (C=O) groups excluding carboxylic acids is 2. The van der Waals surface area contributed by atoms with E-state index < -0.39 is 17.1 Å². The average molecular weight is 348 g/mol. The second-order valence-electron chi connectivity index (χ2n) is 8.06. The highest BCUT2D eigenvalue weighted by Gasteiger charge is 2.65. The number of fused-ring (bicyclic) bond motifs is 5. The molecule has 0 N–H and O–H groups in total. The molecule has 0 radical (unpaired) electrons. The molecule has 0 aromatic heterocycles. The Hall–Kier alpha value is -1.78. The Balaban J connectivity index is 1.66. The van der Waals surface area contributed by atoms with Gasteiger partial charge in [0.1, 0.15) is 5.75 Å². The minimum atomic E-state index is -3.17. The Bertz CT molecular complexity index is 757. The minimum Gasteiger partial charge on any atom is -0.427 e. The van der Waals surface area contributed by atoms with Crippen LogP contribution in [0.4, 0.5) is 8.78 Å². The Morgan fingerprint density at radius 2 is 2.04 bits per heavy atom. The predicted octanol–water partition coefficient (Wildman–Crippen LogP) is 4.28. The maximum absolute atomic E-state index is 14.1. The molecule has 2 fully saturated rings. The van der Waals surface area contributed by atoms with Crippen molar-refractivity contribution in [3.63, 3.8) is 0 Å². The summed E-state index contributed by atoms with van der Waals surface area (Å²) in [6.07, 6.45) is 2.57. The van der Waals surface area contributed by atoms with E-state index in [1.807, 2.05) is 12.1 Å². The molecule has 0 saturated heterocycles. The molecule has 0 bridgehead atoms. The first kappa shape index (κ1) is 16.7. The Labute approximate surface area is 145 Å². The van der Waals surface area contributed by atoms with Crippen molar-refractivity contribution in [3.05, 3.63) is 29.3 Å². The molecule has 0 amide bonds. The number of benzene rings is 1. The Morgan fingerprint density at radius 1 is 1.28 bits per heavy atom. The largest absolute Gasteiger partial charge is 0.427 e. The van der Waals surface area contributed by atoms with E-state index in [4.69, 9.17) is 4.74 Å². The number of alkyl halides is 2. The van der Waals surface area contributed by atoms with Gasteiger partial charge in [-0.2, -0.15) is 8.78 Å². The first-order chi connectivity index (χ1) is 11.7. The van der Waals surface area contributed by atoms with Crippen LogP contribution >= 0.6 is 0 Å². The quantitative estimate of drug-likeness (QED) is 0.562. The van der Waals surface area contributed by atoms with Gasteiger partial charge in [-0.15, -0.1) is 0 Å². The van der Waals surface area contributed by atoms with Gasteiger partial charge < -0.3 is 4.74 Å². The fraction of sp³-hybridized carbons (Fsp3) is 0.600. The van der Waals surface area contributed by atoms with E-state index in [0.717, 1.165) is 24.8 Å². The lowest BCUT2D eigenvalue weighted by molar-refractivity contribution is -0.146. The maximum Gasteiger partial charge on any atom is 0.308 e. The number of aryl methyl sites for hydroxylation is 1. The molecule has 4 rings (SSSR count). The molecule has 0 unspecified atom stereocenters. The van der Waals surface area contributed by atoms with E-state index in [1.54, 1.807) is 13.0 Å². The third-order valence-corrected chi connectivity index (χ3v) is 6.68. The average Bonchev–Trinajstić information content (AvgIpc) is 2.73. The van der Waals surface area contributed by atoms with Crippen molar-refractivity contribution in [2.75, 3.05) is 0 Å². The summed E-state index contributed by atoms with van der Waals surface area (Å²) in [5.74, 6) is -3.73. The molecule has 1 aromatic rings. The summed E-state index contributed by atoms with van der Waals surface area (Å²) in [5, 5.41) is 0. The van der Waals surface area contributed by atoms with E-state index in [-0.39, 0.29) is 30.1 Å². The van der Waals surface area contributed by atoms with Gasteiger partial charge in [-0.3, -0.25) is 9.59 Å². The SMILES string of the molecule is CC(=O)Oc1ccc2c(c1)CC[C@@H]1[C@@H]2CC[C@]2(C)C(=O)C(F)(F)C[C@@H]12. The number of rotatable bonds is 1. The van der Waals surface area contributed by atoms with Crippen LogP contribution in [0.25, 0.3) is 0 Å². The number of hydrogen-bond donors (Lipinski definition) is 0. The molecule has 4 atom stereocenters. The molecule has 3 nitrogen and oxygen atoms in total. The number of hydrogen-bond acceptors (Lipinski definition) is 3. The Morgan fingerprint density at radius 3 is 2.76 bits per heavy atom. The lowest BCUT2D eigenvalue weighted by Crippen LogP contribution is -2.43. The summed E-state index contributed by atoms with van der Waals surface area (Å²) in [7, 11) is 0. The smallest absolute Gasteiger partial charge is 0.308 e. The molecular formula is C20H22F2O3. The molecule has 134 valence electrons. The minimum absolute atomic E-state index is 0.128. The van der Waals surface area contributed by atoms with Crippen LogP contribution in [0.1, 0.15) is 56.6 Å². The zero-order valence-corrected chi connectivity index (χ0v) is 14.5. The van der Waals surface area contributed by atoms with Crippen molar-refractivity contribution in [1.82, 2.24) is 0 Å². The van der Waals surface area contributed by atoms with Gasteiger partial charge in [-0.25, -0.2) is 0 Å². The van der Waals surface area contributed by atoms with Crippen LogP contribution in [0, 0.1) is 17.3 Å². The predicted molar refractivity (Wildman–Crippen MR) is 87.7 cm³/mol. The van der Waals surface area contributed by atoms with Crippen LogP contribution in [0.3, 0.4) is 0 Å². The van der Waals surface area contributed by atoms with Crippen LogP contribution in [0.15, 0.2) is 18.2 Å². The summed E-state index contributed by atoms with van der Waals surface area (Å²) < 4.78 is 33.4. The van der Waals surface area contributed by atoms with Crippen molar-refractivity contribution >= 4 is 11.8 Å². The molecule has 5 heteroatoms. The van der Waals surface area contributed by atoms with Gasteiger partial charge in [0.15, 0.2) is 0 Å². The van der Waals surface area contributed by atoms with Gasteiger partial charge in [-0.05, 0) is 66.7 Å². The first-order valence-corrected chi connectivity index (χ1v) is 8.96. The van der Waals surface area contributed by atoms with E-state index in [2.05, 4.69) is 0 Å². The number of ketones is 1. The molecule has 3 aliphatic carbocycles. The van der Waals surface area contributed by atoms with Gasteiger partial charge in [0.05, 0.1) is 0 Å². The fourth-order valence-electron chi connectivity index (χ4n) is 5.55. The number of carbonyl (C=O) groups is 2. The summed E-state index contributed by atoms with van der Waals surface area (Å²) in [5.41, 5.74) is 1.44. The number of esters is 1. The van der Waals surface area contributed by atoms with Crippen LogP contribution in [-0.2, 0) is 16.0 Å². The highest BCUT2D eigenvalue weighted by molar-refractivity contribution is 5.93. The molecule has 1 aromatic carbocycles. The van der Waals surface area contributed by atoms with Crippen LogP contribution in [0.5, 0.6) is 5.75 Å². The molecule has 2 saturated carbocycles. The van der Waals surface area contributed by atoms with Gasteiger partial charge in [0, 0.05) is 18.8 Å². The summed E-state index contributed by atoms with van der Waals surface area (Å²) >= 11 is 0. The van der Waals surface area contributed by atoms with E-state index >= 15 is 0 Å². The molecule has 3 aliphatic rings. The monoisotopic (exact) mass is 348 g/mol. The number of ether oxygens (including phenoxy) is 1. The second kappa shape index (κ2) is 5.36. The van der Waals surface area contributed by atoms with Crippen LogP contribution < -0.4 is 4.74 Å². The third-order valence-electron chi connectivity index (χ3n) is 6.68. The van der Waals surface area contributed by atoms with Crippen molar-refractivity contribution in [3.8, 4) is 5.75 Å². The standard InChI is InChI=1S/C20H22F2O3/c1-11(23)25-13-4-6-14-12(9-13)3-5-16-15(14)7-8-19(2)17(16)10-20(21,22)18(19)24/h4,6,9,15-17H,3,5,7-8,10H2,1-2H3/t15-,16-,17+,19+/m1/s1. The second-order valence-corrected chi connectivity index (χ2v) is 8.06. The lowest BCUT2D eigenvalue weighted by atomic mass is 9.55. The lowest BCUT2D eigenvalue weighted by Gasteiger charge is -2.47. The molecule has 0 heterocycles. The van der Waals surface area contributed by atoms with Crippen LogP contribution in [-0.4, -0.2) is 17.7 Å². The maximum atomic E-state index is 14.1. The van der Waals surface area contributed by atoms with E-state index in [1.165, 1.54) is 12.5 Å². The highest BCUT2D eigenvalue weighted by Crippen LogP contribution is 2.62. The molecule has 0 spiro atoms. The van der Waals surface area contributed by atoms with E-state index in [9.17, 15) is 18.4 Å². The summed E-state index contributed by atoms with van der Waals surface area (Å²) in [6.45, 7) is 3.12. The van der Waals surface area contributed by atoms with Crippen molar-refractivity contribution in [2.24, 2.45) is 17.3 Å². The van der Waals surface area contributed by atoms with E-state index in [0.29, 0.717) is 12.2 Å². The zero-order chi connectivity index (χ0) is 18.0. The summed E-state index contributed by atoms with van der Waals surface area (Å²) in [4.78, 5) is 23.4. The van der Waals surface area contributed by atoms with Crippen molar-refractivity contribution in [2.45, 2.75) is 57.8 Å². The molecule has 0 aliphatic heterocycles. The fourth-order valence-corrected chi connectivity index (χ4v) is 5.55. The first-order valence-electron chi connectivity index (χ1n) is 8.96. The topological polar surface area (TPSA) is 43.4 Å². The third kappa shape index (κ3) is 2.42. The van der Waals surface area contributed by atoms with Gasteiger partial charge in [-0.1, -0.05) is 13.0 Å². The van der Waals surface area contributed by atoms with Crippen molar-refractivity contribution in [1.29, 1.82) is 0 Å². The zero-order valence-electron chi connectivity index (χ0n) is 14.5. The number of Topliss-reactive ketones (excluding diaryl/α,β-unsaturated/α-hetero) is 1. The van der Waals surface area contributed by atoms with Crippen molar-refractivity contribution < 1.29 is 23.1 Å². The normalized spacial score (nSPS) is 35.5. The number of halogens is 2. The molecular weight excluding hydrogens is 326 g/mol.